The number of nitrogens with zero attached hydrogens (tertiary/aromatic N) is 2. The lowest BCUT2D eigenvalue weighted by atomic mass is 9.95. The van der Waals surface area contributed by atoms with E-state index in [4.69, 9.17) is 9.47 Å². The fourth-order valence-corrected chi connectivity index (χ4v) is 4.51. The van der Waals surface area contributed by atoms with Crippen LogP contribution in [0.4, 0.5) is 21.0 Å². The third kappa shape index (κ3) is 6.81. The van der Waals surface area contributed by atoms with Crippen molar-refractivity contribution in [2.24, 2.45) is 5.92 Å². The van der Waals surface area contributed by atoms with E-state index < -0.39 is 29.7 Å². The number of carbonyl (C=O) groups excluding carboxylic acids is 4. The largest absolute Gasteiger partial charge is 0.445 e. The molecule has 2 aromatic rings. The third-order valence-electron chi connectivity index (χ3n) is 6.40. The first kappa shape index (κ1) is 27.0. The Bertz CT molecular complexity index is 1170. The molecule has 38 heavy (non-hydrogen) atoms. The normalized spacial score (nSPS) is 18.1. The number of amides is 4. The van der Waals surface area contributed by atoms with Gasteiger partial charge in [0, 0.05) is 19.0 Å². The van der Waals surface area contributed by atoms with Crippen LogP contribution in [0.3, 0.4) is 0 Å². The van der Waals surface area contributed by atoms with Crippen LogP contribution < -0.4 is 15.5 Å². The summed E-state index contributed by atoms with van der Waals surface area (Å²) in [4.78, 5) is 54.8. The molecule has 1 fully saturated rings. The topological polar surface area (TPSA) is 117 Å². The van der Waals surface area contributed by atoms with Crippen LogP contribution in [-0.2, 0) is 25.7 Å². The predicted octanol–water partition coefficient (Wildman–Crippen LogP) is 3.91. The number of piperidine rings is 1. The zero-order valence-corrected chi connectivity index (χ0v) is 21.9. The van der Waals surface area contributed by atoms with Gasteiger partial charge in [-0.05, 0) is 51.3 Å². The van der Waals surface area contributed by atoms with Gasteiger partial charge in [0.15, 0.2) is 0 Å². The molecule has 2 heterocycles. The molecular weight excluding hydrogens is 488 g/mol. The lowest BCUT2D eigenvalue weighted by Crippen LogP contribution is -2.53. The molecular formula is C28H34N4O6. The van der Waals surface area contributed by atoms with Gasteiger partial charge in [-0.25, -0.2) is 9.59 Å². The number of rotatable bonds is 4. The number of benzene rings is 2. The highest BCUT2D eigenvalue weighted by molar-refractivity contribution is 6.07. The second-order valence-electron chi connectivity index (χ2n) is 10.5. The predicted molar refractivity (Wildman–Crippen MR) is 142 cm³/mol. The summed E-state index contributed by atoms with van der Waals surface area (Å²) in [6.07, 6.45) is -0.220. The maximum atomic E-state index is 13.7. The molecule has 4 amide bonds. The summed E-state index contributed by atoms with van der Waals surface area (Å²) in [5.74, 6) is -0.951. The van der Waals surface area contributed by atoms with Crippen molar-refractivity contribution in [3.05, 3.63) is 60.2 Å². The van der Waals surface area contributed by atoms with E-state index in [1.54, 1.807) is 54.8 Å². The Morgan fingerprint density at radius 3 is 2.34 bits per heavy atom. The van der Waals surface area contributed by atoms with Gasteiger partial charge in [0.05, 0.1) is 17.9 Å². The van der Waals surface area contributed by atoms with E-state index in [2.05, 4.69) is 10.6 Å². The van der Waals surface area contributed by atoms with E-state index in [-0.39, 0.29) is 25.0 Å². The Morgan fingerprint density at radius 1 is 1.00 bits per heavy atom. The monoisotopic (exact) mass is 522 g/mol. The van der Waals surface area contributed by atoms with Gasteiger partial charge in [-0.3, -0.25) is 9.59 Å². The Balaban J connectivity index is 1.41. The number of carbonyl (C=O) groups is 4. The van der Waals surface area contributed by atoms with Gasteiger partial charge >= 0.3 is 12.2 Å². The Labute approximate surface area is 222 Å². The first-order chi connectivity index (χ1) is 18.1. The highest BCUT2D eigenvalue weighted by Crippen LogP contribution is 2.32. The molecule has 202 valence electrons. The van der Waals surface area contributed by atoms with Crippen molar-refractivity contribution in [1.82, 2.24) is 10.2 Å². The molecule has 4 rings (SSSR count). The van der Waals surface area contributed by atoms with Gasteiger partial charge < -0.3 is 29.9 Å². The number of likely N-dealkylation sites (tertiary alicyclic amines) is 1. The molecule has 0 bridgehead atoms. The van der Waals surface area contributed by atoms with Gasteiger partial charge in [0.1, 0.15) is 18.2 Å². The highest BCUT2D eigenvalue weighted by atomic mass is 16.6. The lowest BCUT2D eigenvalue weighted by Gasteiger charge is -2.34. The molecule has 0 radical (unpaired) electrons. The summed E-state index contributed by atoms with van der Waals surface area (Å²) in [5, 5.41) is 5.41. The van der Waals surface area contributed by atoms with Crippen LogP contribution in [0.15, 0.2) is 54.6 Å². The number of nitrogens with one attached hydrogen (secondary N) is 2. The molecule has 0 spiro atoms. The van der Waals surface area contributed by atoms with E-state index in [0.717, 1.165) is 5.56 Å². The molecule has 2 aromatic carbocycles. The van der Waals surface area contributed by atoms with Crippen molar-refractivity contribution in [2.75, 3.05) is 29.9 Å². The molecule has 1 atom stereocenters. The summed E-state index contributed by atoms with van der Waals surface area (Å²) in [6.45, 7) is 6.11. The second kappa shape index (κ2) is 11.5. The van der Waals surface area contributed by atoms with Crippen LogP contribution >= 0.6 is 0 Å². The molecule has 2 N–H and O–H groups in total. The molecule has 10 heteroatoms. The lowest BCUT2D eigenvalue weighted by molar-refractivity contribution is -0.124. The minimum Gasteiger partial charge on any atom is -0.445 e. The number of para-hydroxylation sites is 2. The fourth-order valence-electron chi connectivity index (χ4n) is 4.51. The zero-order valence-electron chi connectivity index (χ0n) is 21.9. The van der Waals surface area contributed by atoms with Crippen molar-refractivity contribution >= 4 is 35.4 Å². The van der Waals surface area contributed by atoms with Crippen LogP contribution in [0.1, 0.15) is 39.2 Å². The molecule has 1 unspecified atom stereocenters. The molecule has 10 nitrogen and oxygen atoms in total. The van der Waals surface area contributed by atoms with E-state index in [9.17, 15) is 19.2 Å². The molecule has 2 aliphatic rings. The summed E-state index contributed by atoms with van der Waals surface area (Å²) >= 11 is 0. The number of hydrogen-bond acceptors (Lipinski definition) is 6. The van der Waals surface area contributed by atoms with E-state index in [0.29, 0.717) is 37.3 Å². The molecule has 0 saturated carbocycles. The smallest absolute Gasteiger partial charge is 0.410 e. The van der Waals surface area contributed by atoms with Gasteiger partial charge in [-0.1, -0.05) is 42.5 Å². The Morgan fingerprint density at radius 2 is 1.66 bits per heavy atom. The number of alkyl carbamates (subject to hydrolysis) is 1. The van der Waals surface area contributed by atoms with Crippen molar-refractivity contribution in [3.8, 4) is 0 Å². The van der Waals surface area contributed by atoms with Crippen LogP contribution in [0.2, 0.25) is 0 Å². The Kier molecular flexibility index (Phi) is 8.19. The summed E-state index contributed by atoms with van der Waals surface area (Å²) < 4.78 is 10.8. The average Bonchev–Trinajstić information content (AvgIpc) is 3.02. The SMILES string of the molecule is CC(C)(C)OC(=O)NC1CN(C(=O)C2CCN(C(=O)OCc3ccccc3)CC2)c2ccccc2NC1=O. The molecule has 0 aromatic heterocycles. The number of anilines is 2. The Hall–Kier alpha value is -4.08. The molecule has 1 saturated heterocycles. The average molecular weight is 523 g/mol. The maximum Gasteiger partial charge on any atom is 0.410 e. The zero-order chi connectivity index (χ0) is 27.3. The van der Waals surface area contributed by atoms with E-state index in [1.165, 1.54) is 0 Å². The summed E-state index contributed by atoms with van der Waals surface area (Å²) in [7, 11) is 0. The second-order valence-corrected chi connectivity index (χ2v) is 10.5. The van der Waals surface area contributed by atoms with Crippen LogP contribution in [0.5, 0.6) is 0 Å². The quantitative estimate of drug-likeness (QED) is 0.629. The summed E-state index contributed by atoms with van der Waals surface area (Å²) in [5.41, 5.74) is 1.22. The number of hydrogen-bond donors (Lipinski definition) is 2. The molecule has 0 aliphatic carbocycles. The first-order valence-electron chi connectivity index (χ1n) is 12.8. The van der Waals surface area contributed by atoms with E-state index in [1.807, 2.05) is 30.3 Å². The highest BCUT2D eigenvalue weighted by Gasteiger charge is 2.37. The maximum absolute atomic E-state index is 13.7. The fraction of sp³-hybridized carbons (Fsp3) is 0.429. The molecule has 2 aliphatic heterocycles. The minimum absolute atomic E-state index is 0.0414. The van der Waals surface area contributed by atoms with Gasteiger partial charge in [-0.15, -0.1) is 0 Å². The van der Waals surface area contributed by atoms with Crippen molar-refractivity contribution in [3.63, 3.8) is 0 Å². The van der Waals surface area contributed by atoms with Gasteiger partial charge in [0.2, 0.25) is 11.8 Å². The van der Waals surface area contributed by atoms with Crippen molar-refractivity contribution in [2.45, 2.75) is 51.9 Å². The standard InChI is InChI=1S/C28H34N4O6/c1-28(2,3)38-26(35)30-22-17-32(23-12-8-7-11-21(23)29-24(22)33)25(34)20-13-15-31(16-14-20)27(36)37-18-19-9-5-4-6-10-19/h4-12,20,22H,13-18H2,1-3H3,(H,29,33)(H,30,35). The van der Waals surface area contributed by atoms with Crippen molar-refractivity contribution < 1.29 is 28.7 Å². The minimum atomic E-state index is -1.01. The summed E-state index contributed by atoms with van der Waals surface area (Å²) in [6, 6.07) is 15.5. The van der Waals surface area contributed by atoms with Crippen LogP contribution in [0, 0.1) is 5.92 Å². The third-order valence-corrected chi connectivity index (χ3v) is 6.40. The van der Waals surface area contributed by atoms with Gasteiger partial charge in [0.25, 0.3) is 0 Å². The van der Waals surface area contributed by atoms with E-state index >= 15 is 0 Å². The number of fused-ring (bicyclic) bond motifs is 1. The van der Waals surface area contributed by atoms with Crippen LogP contribution in [-0.4, -0.2) is 60.2 Å². The number of ether oxygens (including phenoxy) is 2. The first-order valence-corrected chi connectivity index (χ1v) is 12.8. The van der Waals surface area contributed by atoms with Gasteiger partial charge in [-0.2, -0.15) is 0 Å². The van der Waals surface area contributed by atoms with Crippen LogP contribution in [0.25, 0.3) is 0 Å². The van der Waals surface area contributed by atoms with Crippen molar-refractivity contribution in [1.29, 1.82) is 0 Å².